The first-order valence-corrected chi connectivity index (χ1v) is 10.4. The average Bonchev–Trinajstić information content (AvgIpc) is 3.11. The van der Waals surface area contributed by atoms with E-state index in [9.17, 15) is 9.59 Å². The molecule has 1 N–H and O–H groups in total. The van der Waals surface area contributed by atoms with Gasteiger partial charge in [-0.3, -0.25) is 4.79 Å². The van der Waals surface area contributed by atoms with Gasteiger partial charge in [0.15, 0.2) is 0 Å². The quantitative estimate of drug-likeness (QED) is 0.686. The maximum Gasteiger partial charge on any atom is 0.407 e. The van der Waals surface area contributed by atoms with Gasteiger partial charge in [-0.2, -0.15) is 0 Å². The second-order valence-electron chi connectivity index (χ2n) is 7.92. The average molecular weight is 397 g/mol. The first-order chi connectivity index (χ1) is 14.7. The highest BCUT2D eigenvalue weighted by atomic mass is 16.5. The second kappa shape index (κ2) is 7.79. The minimum Gasteiger partial charge on any atom is -0.449 e. The highest BCUT2D eigenvalue weighted by molar-refractivity contribution is 5.88. The van der Waals surface area contributed by atoms with Crippen LogP contribution >= 0.6 is 0 Å². The van der Waals surface area contributed by atoms with Crippen LogP contribution in [0.15, 0.2) is 72.8 Å². The first-order valence-electron chi connectivity index (χ1n) is 10.4. The molecule has 2 aliphatic rings. The van der Waals surface area contributed by atoms with Gasteiger partial charge in [0, 0.05) is 18.9 Å². The van der Waals surface area contributed by atoms with E-state index in [1.165, 1.54) is 27.8 Å². The van der Waals surface area contributed by atoms with Gasteiger partial charge in [0.1, 0.15) is 12.4 Å². The zero-order valence-electron chi connectivity index (χ0n) is 16.6. The standard InChI is InChI=1S/C26H23NO3/c28-25-14-13-17-7-1-2-8-18(17)23(25)15-27-26(29)30-16-24-21-11-5-3-9-19(21)20-10-4-6-12-22(20)24/h1-12,23-24H,13-16H2,(H,27,29). The molecule has 30 heavy (non-hydrogen) atoms. The van der Waals surface area contributed by atoms with Crippen molar-refractivity contribution in [1.29, 1.82) is 0 Å². The summed E-state index contributed by atoms with van der Waals surface area (Å²) in [7, 11) is 0. The van der Waals surface area contributed by atoms with Crippen LogP contribution in [0, 0.1) is 0 Å². The number of alkyl carbamates (subject to hydrolysis) is 1. The van der Waals surface area contributed by atoms with Crippen molar-refractivity contribution in [2.75, 3.05) is 13.2 Å². The Morgan fingerprint density at radius 1 is 0.800 bits per heavy atom. The number of ether oxygens (including phenoxy) is 1. The molecule has 3 aromatic carbocycles. The Labute approximate surface area is 175 Å². The fourth-order valence-electron chi connectivity index (χ4n) is 4.77. The summed E-state index contributed by atoms with van der Waals surface area (Å²) in [6, 6.07) is 24.5. The van der Waals surface area contributed by atoms with Crippen molar-refractivity contribution < 1.29 is 14.3 Å². The van der Waals surface area contributed by atoms with Crippen LogP contribution in [0.2, 0.25) is 0 Å². The van der Waals surface area contributed by atoms with Crippen LogP contribution in [0.5, 0.6) is 0 Å². The van der Waals surface area contributed by atoms with E-state index in [0.717, 1.165) is 12.0 Å². The Bertz CT molecular complexity index is 1080. The van der Waals surface area contributed by atoms with E-state index < -0.39 is 6.09 Å². The molecule has 3 aromatic rings. The largest absolute Gasteiger partial charge is 0.449 e. The monoisotopic (exact) mass is 397 g/mol. The lowest BCUT2D eigenvalue weighted by Crippen LogP contribution is -2.34. The fourth-order valence-corrected chi connectivity index (χ4v) is 4.77. The van der Waals surface area contributed by atoms with E-state index in [0.29, 0.717) is 6.42 Å². The van der Waals surface area contributed by atoms with Crippen molar-refractivity contribution in [3.63, 3.8) is 0 Å². The van der Waals surface area contributed by atoms with Crippen molar-refractivity contribution in [2.45, 2.75) is 24.7 Å². The van der Waals surface area contributed by atoms with Crippen molar-refractivity contribution >= 4 is 11.9 Å². The lowest BCUT2D eigenvalue weighted by Gasteiger charge is -2.24. The Morgan fingerprint density at radius 3 is 2.10 bits per heavy atom. The summed E-state index contributed by atoms with van der Waals surface area (Å²) < 4.78 is 5.59. The fraction of sp³-hybridized carbons (Fsp3) is 0.231. The number of rotatable bonds is 4. The van der Waals surface area contributed by atoms with E-state index in [1.807, 2.05) is 42.5 Å². The van der Waals surface area contributed by atoms with E-state index in [-0.39, 0.29) is 30.8 Å². The lowest BCUT2D eigenvalue weighted by molar-refractivity contribution is -0.120. The van der Waals surface area contributed by atoms with Gasteiger partial charge in [0.05, 0.1) is 5.92 Å². The van der Waals surface area contributed by atoms with Gasteiger partial charge in [-0.1, -0.05) is 72.8 Å². The maximum atomic E-state index is 12.4. The summed E-state index contributed by atoms with van der Waals surface area (Å²) in [6.45, 7) is 0.543. The number of ketones is 1. The molecule has 0 saturated carbocycles. The number of carbonyl (C=O) groups is 2. The van der Waals surface area contributed by atoms with Crippen LogP contribution in [0.3, 0.4) is 0 Å². The minimum atomic E-state index is -0.479. The molecule has 1 atom stereocenters. The number of aryl methyl sites for hydroxylation is 1. The Hall–Kier alpha value is -3.40. The van der Waals surface area contributed by atoms with Gasteiger partial charge in [0.25, 0.3) is 0 Å². The van der Waals surface area contributed by atoms with Crippen LogP contribution in [-0.4, -0.2) is 25.0 Å². The maximum absolute atomic E-state index is 12.4. The van der Waals surface area contributed by atoms with Gasteiger partial charge < -0.3 is 10.1 Å². The molecule has 0 saturated heterocycles. The molecule has 0 aliphatic heterocycles. The molecule has 5 rings (SSSR count). The van der Waals surface area contributed by atoms with Crippen LogP contribution in [0.1, 0.15) is 40.5 Å². The SMILES string of the molecule is O=C(NCC1C(=O)CCc2ccccc21)OCC1c2ccccc2-c2ccccc21. The Kier molecular flexibility index (Phi) is 4.83. The molecule has 0 bridgehead atoms. The summed E-state index contributed by atoms with van der Waals surface area (Å²) >= 11 is 0. The van der Waals surface area contributed by atoms with Gasteiger partial charge in [0.2, 0.25) is 0 Å². The summed E-state index contributed by atoms with van der Waals surface area (Å²) in [5.74, 6) is -0.0942. The molecule has 1 amide bonds. The predicted molar refractivity (Wildman–Crippen MR) is 116 cm³/mol. The van der Waals surface area contributed by atoms with Crippen LogP contribution in [0.4, 0.5) is 4.79 Å². The predicted octanol–water partition coefficient (Wildman–Crippen LogP) is 4.82. The lowest BCUT2D eigenvalue weighted by atomic mass is 9.82. The third-order valence-corrected chi connectivity index (χ3v) is 6.25. The summed E-state index contributed by atoms with van der Waals surface area (Å²) in [6.07, 6.45) is 0.817. The van der Waals surface area contributed by atoms with Crippen molar-refractivity contribution in [3.8, 4) is 11.1 Å². The molecule has 4 nitrogen and oxygen atoms in total. The van der Waals surface area contributed by atoms with Gasteiger partial charge in [-0.05, 0) is 39.8 Å². The number of amides is 1. The molecule has 0 radical (unpaired) electrons. The van der Waals surface area contributed by atoms with E-state index in [1.54, 1.807) is 0 Å². The van der Waals surface area contributed by atoms with E-state index in [2.05, 4.69) is 35.6 Å². The molecule has 1 unspecified atom stereocenters. The van der Waals surface area contributed by atoms with Crippen LogP contribution in [-0.2, 0) is 16.0 Å². The van der Waals surface area contributed by atoms with E-state index >= 15 is 0 Å². The molecule has 4 heteroatoms. The summed E-state index contributed by atoms with van der Waals surface area (Å²) in [5, 5.41) is 2.81. The van der Waals surface area contributed by atoms with Crippen LogP contribution in [0.25, 0.3) is 11.1 Å². The molecule has 2 aliphatic carbocycles. The molecular weight excluding hydrogens is 374 g/mol. The highest BCUT2D eigenvalue weighted by Gasteiger charge is 2.30. The zero-order chi connectivity index (χ0) is 20.5. The summed E-state index contributed by atoms with van der Waals surface area (Å²) in [4.78, 5) is 24.9. The number of hydrogen-bond acceptors (Lipinski definition) is 3. The second-order valence-corrected chi connectivity index (χ2v) is 7.92. The Balaban J connectivity index is 1.25. The van der Waals surface area contributed by atoms with Gasteiger partial charge in [-0.15, -0.1) is 0 Å². The number of benzene rings is 3. The number of fused-ring (bicyclic) bond motifs is 4. The number of nitrogens with one attached hydrogen (secondary N) is 1. The molecule has 0 fully saturated rings. The topological polar surface area (TPSA) is 55.4 Å². The van der Waals surface area contributed by atoms with Crippen LogP contribution < -0.4 is 5.32 Å². The molecular formula is C26H23NO3. The molecule has 0 aromatic heterocycles. The smallest absolute Gasteiger partial charge is 0.407 e. The zero-order valence-corrected chi connectivity index (χ0v) is 16.6. The van der Waals surface area contributed by atoms with Crippen molar-refractivity contribution in [3.05, 3.63) is 95.1 Å². The van der Waals surface area contributed by atoms with E-state index in [4.69, 9.17) is 4.74 Å². The van der Waals surface area contributed by atoms with Crippen molar-refractivity contribution in [1.82, 2.24) is 5.32 Å². The normalized spacial score (nSPS) is 17.1. The molecule has 0 heterocycles. The Morgan fingerprint density at radius 2 is 1.40 bits per heavy atom. The minimum absolute atomic E-state index is 0.0280. The summed E-state index contributed by atoms with van der Waals surface area (Å²) in [5.41, 5.74) is 6.98. The molecule has 0 spiro atoms. The van der Waals surface area contributed by atoms with Crippen molar-refractivity contribution in [2.24, 2.45) is 0 Å². The number of carbonyl (C=O) groups excluding carboxylic acids is 2. The third kappa shape index (κ3) is 3.28. The van der Waals surface area contributed by atoms with Gasteiger partial charge >= 0.3 is 6.09 Å². The first kappa shape index (κ1) is 18.6. The number of hydrogen-bond donors (Lipinski definition) is 1. The third-order valence-electron chi connectivity index (χ3n) is 6.25. The number of Topliss-reactive ketones (excluding diaryl/α,β-unsaturated/α-hetero) is 1. The van der Waals surface area contributed by atoms with Gasteiger partial charge in [-0.25, -0.2) is 4.79 Å². The molecule has 150 valence electrons. The highest BCUT2D eigenvalue weighted by Crippen LogP contribution is 2.44.